The number of aromatic nitrogens is 4. The van der Waals surface area contributed by atoms with E-state index in [-0.39, 0.29) is 12.1 Å². The molecule has 1 aliphatic carbocycles. The summed E-state index contributed by atoms with van der Waals surface area (Å²) in [4.78, 5) is 4.08. The Morgan fingerprint density at radius 1 is 1.20 bits per heavy atom. The van der Waals surface area contributed by atoms with Crippen molar-refractivity contribution in [3.05, 3.63) is 67.0 Å². The molecule has 1 aliphatic rings. The van der Waals surface area contributed by atoms with E-state index >= 15 is 0 Å². The lowest BCUT2D eigenvalue weighted by atomic mass is 10.1. The molecule has 0 aliphatic heterocycles. The largest absolute Gasteiger partial charge is 0.391 e. The van der Waals surface area contributed by atoms with Crippen molar-refractivity contribution in [3.8, 4) is 5.69 Å². The Balaban J connectivity index is 1.32. The van der Waals surface area contributed by atoms with Crippen LogP contribution in [0.4, 0.5) is 0 Å². The van der Waals surface area contributed by atoms with Crippen molar-refractivity contribution in [1.82, 2.24) is 24.6 Å². The van der Waals surface area contributed by atoms with Gasteiger partial charge in [-0.3, -0.25) is 0 Å². The van der Waals surface area contributed by atoms with Crippen molar-refractivity contribution < 1.29 is 5.11 Å². The number of hydrogen-bond acceptors (Lipinski definition) is 4. The Bertz CT molecular complexity index is 783. The maximum Gasteiger partial charge on any atom is 0.0945 e. The molecule has 2 heterocycles. The van der Waals surface area contributed by atoms with Gasteiger partial charge in [0.15, 0.2) is 0 Å². The lowest BCUT2D eigenvalue weighted by molar-refractivity contribution is 0.145. The van der Waals surface area contributed by atoms with Gasteiger partial charge in [-0.25, -0.2) is 9.67 Å². The van der Waals surface area contributed by atoms with E-state index in [4.69, 9.17) is 0 Å². The van der Waals surface area contributed by atoms with Crippen molar-refractivity contribution in [2.24, 2.45) is 5.92 Å². The van der Waals surface area contributed by atoms with Crippen LogP contribution in [0, 0.1) is 5.92 Å². The van der Waals surface area contributed by atoms with E-state index in [2.05, 4.69) is 20.0 Å². The third kappa shape index (κ3) is 3.81. The molecule has 1 aromatic carbocycles. The molecule has 0 saturated heterocycles. The minimum absolute atomic E-state index is 0.133. The molecule has 0 spiro atoms. The van der Waals surface area contributed by atoms with Crippen LogP contribution in [0.15, 0.2) is 61.4 Å². The van der Waals surface area contributed by atoms with Crippen LogP contribution >= 0.6 is 0 Å². The van der Waals surface area contributed by atoms with Crippen molar-refractivity contribution in [1.29, 1.82) is 0 Å². The third-order valence-electron chi connectivity index (χ3n) is 4.88. The molecule has 130 valence electrons. The summed E-state index contributed by atoms with van der Waals surface area (Å²) in [5.41, 5.74) is 2.17. The molecule has 6 heteroatoms. The fourth-order valence-electron chi connectivity index (χ4n) is 3.60. The summed E-state index contributed by atoms with van der Waals surface area (Å²) >= 11 is 0. The third-order valence-corrected chi connectivity index (χ3v) is 4.88. The molecule has 4 rings (SSSR count). The van der Waals surface area contributed by atoms with E-state index in [1.54, 1.807) is 6.20 Å². The highest BCUT2D eigenvalue weighted by atomic mass is 16.3. The molecule has 2 N–H and O–H groups in total. The standard InChI is InChI=1S/C19H23N5O/c25-19-9-15(12-23-7-6-20-14-23)8-18(19)21-10-16-11-22-24(13-16)17-4-2-1-3-5-17/h1-7,11,13-15,18-19,21,25H,8-10,12H2/t15?,18-,19-/m1/s1. The highest BCUT2D eigenvalue weighted by Gasteiger charge is 2.32. The van der Waals surface area contributed by atoms with E-state index in [0.29, 0.717) is 12.5 Å². The first-order valence-corrected chi connectivity index (χ1v) is 8.74. The molecular weight excluding hydrogens is 314 g/mol. The van der Waals surface area contributed by atoms with Crippen molar-refractivity contribution in [2.75, 3.05) is 0 Å². The van der Waals surface area contributed by atoms with Crippen molar-refractivity contribution in [3.63, 3.8) is 0 Å². The average molecular weight is 337 g/mol. The predicted octanol–water partition coefficient (Wildman–Crippen LogP) is 2.00. The molecule has 1 saturated carbocycles. The molecule has 0 bridgehead atoms. The van der Waals surface area contributed by atoms with E-state index in [0.717, 1.165) is 30.6 Å². The van der Waals surface area contributed by atoms with Gasteiger partial charge in [0, 0.05) is 43.3 Å². The van der Waals surface area contributed by atoms with Crippen LogP contribution in [0.1, 0.15) is 18.4 Å². The van der Waals surface area contributed by atoms with Gasteiger partial charge in [0.25, 0.3) is 0 Å². The summed E-state index contributed by atoms with van der Waals surface area (Å²) < 4.78 is 3.97. The number of aliphatic hydroxyl groups is 1. The maximum atomic E-state index is 10.3. The highest BCUT2D eigenvalue weighted by Crippen LogP contribution is 2.27. The van der Waals surface area contributed by atoms with Gasteiger partial charge < -0.3 is 15.0 Å². The minimum atomic E-state index is -0.294. The zero-order valence-corrected chi connectivity index (χ0v) is 14.1. The van der Waals surface area contributed by atoms with E-state index < -0.39 is 0 Å². The van der Waals surface area contributed by atoms with Crippen LogP contribution in [0.2, 0.25) is 0 Å². The van der Waals surface area contributed by atoms with Crippen LogP contribution in [-0.4, -0.2) is 36.6 Å². The molecule has 25 heavy (non-hydrogen) atoms. The molecule has 2 aromatic heterocycles. The first kappa shape index (κ1) is 16.1. The Kier molecular flexibility index (Phi) is 4.63. The first-order valence-electron chi connectivity index (χ1n) is 8.74. The van der Waals surface area contributed by atoms with Crippen molar-refractivity contribution >= 4 is 0 Å². The van der Waals surface area contributed by atoms with Crippen LogP contribution in [0.3, 0.4) is 0 Å². The molecule has 3 aromatic rings. The lowest BCUT2D eigenvalue weighted by Gasteiger charge is -2.15. The lowest BCUT2D eigenvalue weighted by Crippen LogP contribution is -2.35. The van der Waals surface area contributed by atoms with Gasteiger partial charge in [0.2, 0.25) is 0 Å². The number of imidazole rings is 1. The summed E-state index contributed by atoms with van der Waals surface area (Å²) in [7, 11) is 0. The minimum Gasteiger partial charge on any atom is -0.391 e. The Morgan fingerprint density at radius 2 is 2.08 bits per heavy atom. The summed E-state index contributed by atoms with van der Waals surface area (Å²) in [6, 6.07) is 10.2. The molecule has 1 fully saturated rings. The molecule has 3 atom stereocenters. The molecule has 0 radical (unpaired) electrons. The Labute approximate surface area is 147 Å². The second kappa shape index (κ2) is 7.21. The van der Waals surface area contributed by atoms with Gasteiger partial charge in [-0.15, -0.1) is 0 Å². The zero-order valence-electron chi connectivity index (χ0n) is 14.1. The van der Waals surface area contributed by atoms with Gasteiger partial charge in [-0.05, 0) is 30.9 Å². The topological polar surface area (TPSA) is 67.9 Å². The number of rotatable bonds is 6. The Hall–Kier alpha value is -2.44. The first-order chi connectivity index (χ1) is 12.3. The molecule has 6 nitrogen and oxygen atoms in total. The number of nitrogens with zero attached hydrogens (tertiary/aromatic N) is 4. The van der Waals surface area contributed by atoms with Crippen LogP contribution in [0.5, 0.6) is 0 Å². The summed E-state index contributed by atoms with van der Waals surface area (Å²) in [5, 5.41) is 18.3. The van der Waals surface area contributed by atoms with Crippen molar-refractivity contribution in [2.45, 2.75) is 38.1 Å². The monoisotopic (exact) mass is 337 g/mol. The summed E-state index contributed by atoms with van der Waals surface area (Å²) in [6.07, 6.45) is 11.0. The average Bonchev–Trinajstić information content (AvgIpc) is 3.36. The number of aliphatic hydroxyl groups excluding tert-OH is 1. The SMILES string of the molecule is O[C@@H]1CC(Cn2ccnc2)C[C@H]1NCc1cnn(-c2ccccc2)c1. The maximum absolute atomic E-state index is 10.3. The highest BCUT2D eigenvalue weighted by molar-refractivity contribution is 5.30. The molecule has 0 amide bonds. The van der Waals surface area contributed by atoms with Crippen LogP contribution in [-0.2, 0) is 13.1 Å². The summed E-state index contributed by atoms with van der Waals surface area (Å²) in [5.74, 6) is 0.480. The van der Waals surface area contributed by atoms with Gasteiger partial charge >= 0.3 is 0 Å². The number of benzene rings is 1. The Morgan fingerprint density at radius 3 is 2.88 bits per heavy atom. The van der Waals surface area contributed by atoms with E-state index in [1.165, 1.54) is 0 Å². The van der Waals surface area contributed by atoms with Gasteiger partial charge in [0.1, 0.15) is 0 Å². The van der Waals surface area contributed by atoms with Gasteiger partial charge in [-0.2, -0.15) is 5.10 Å². The number of hydrogen-bond donors (Lipinski definition) is 2. The van der Waals surface area contributed by atoms with Crippen LogP contribution < -0.4 is 5.32 Å². The smallest absolute Gasteiger partial charge is 0.0945 e. The fourth-order valence-corrected chi connectivity index (χ4v) is 3.60. The quantitative estimate of drug-likeness (QED) is 0.722. The fraction of sp³-hybridized carbons (Fsp3) is 0.368. The van der Waals surface area contributed by atoms with Gasteiger partial charge in [-0.1, -0.05) is 18.2 Å². The number of para-hydroxylation sites is 1. The zero-order chi connectivity index (χ0) is 17.1. The normalized spacial score (nSPS) is 23.2. The second-order valence-electron chi connectivity index (χ2n) is 6.78. The second-order valence-corrected chi connectivity index (χ2v) is 6.78. The van der Waals surface area contributed by atoms with E-state index in [1.807, 2.05) is 59.9 Å². The predicted molar refractivity (Wildman–Crippen MR) is 95.1 cm³/mol. The molecular formula is C19H23N5O. The molecule has 1 unspecified atom stereocenters. The van der Waals surface area contributed by atoms with E-state index in [9.17, 15) is 5.11 Å². The summed E-state index contributed by atoms with van der Waals surface area (Å²) in [6.45, 7) is 1.63. The number of nitrogens with one attached hydrogen (secondary N) is 1. The van der Waals surface area contributed by atoms with Gasteiger partial charge in [0.05, 0.1) is 24.3 Å². The van der Waals surface area contributed by atoms with Crippen LogP contribution in [0.25, 0.3) is 5.69 Å².